The van der Waals surface area contributed by atoms with Gasteiger partial charge < -0.3 is 14.5 Å². The Bertz CT molecular complexity index is 794. The van der Waals surface area contributed by atoms with E-state index in [-0.39, 0.29) is 6.42 Å². The minimum Gasteiger partial charge on any atom is -0.464 e. The number of carbonyl (C=O) groups is 3. The normalized spacial score (nSPS) is 11.8. The quantitative estimate of drug-likeness (QED) is 0.834. The van der Waals surface area contributed by atoms with E-state index in [1.807, 2.05) is 26.0 Å². The summed E-state index contributed by atoms with van der Waals surface area (Å²) in [6.07, 6.45) is 0.421. The maximum atomic E-state index is 12.0. The molecule has 0 spiro atoms. The number of fused-ring (bicyclic) bond motifs is 1. The molecule has 0 saturated carbocycles. The third-order valence-electron chi connectivity index (χ3n) is 3.75. The van der Waals surface area contributed by atoms with Crippen molar-refractivity contribution in [3.63, 3.8) is 0 Å². The summed E-state index contributed by atoms with van der Waals surface area (Å²) in [5.74, 6) is -1.26. The van der Waals surface area contributed by atoms with E-state index in [2.05, 4.69) is 10.6 Å². The second kappa shape index (κ2) is 7.16. The number of rotatable bonds is 4. The number of benzene rings is 1. The molecule has 1 aromatic heterocycles. The van der Waals surface area contributed by atoms with E-state index < -0.39 is 24.0 Å². The van der Waals surface area contributed by atoms with Gasteiger partial charge in [-0.15, -0.1) is 0 Å². The predicted octanol–water partition coefficient (Wildman–Crippen LogP) is 1.98. The molecule has 1 aromatic carbocycles. The van der Waals surface area contributed by atoms with Gasteiger partial charge in [-0.25, -0.2) is 4.79 Å². The van der Waals surface area contributed by atoms with Gasteiger partial charge in [0.2, 0.25) is 0 Å². The lowest BCUT2D eigenvalue weighted by Gasteiger charge is -2.12. The molecule has 1 atom stereocenters. The number of imide groups is 1. The summed E-state index contributed by atoms with van der Waals surface area (Å²) in [4.78, 5) is 34.8. The highest BCUT2D eigenvalue weighted by Crippen LogP contribution is 2.25. The summed E-state index contributed by atoms with van der Waals surface area (Å²) < 4.78 is 10.5. The Kier molecular flexibility index (Phi) is 5.23. The fourth-order valence-corrected chi connectivity index (χ4v) is 2.20. The molecule has 1 heterocycles. The van der Waals surface area contributed by atoms with Crippen LogP contribution in [-0.4, -0.2) is 31.1 Å². The standard InChI is InChI=1S/C17H20N2O5/c1-9-5-13-12(8-23-14(13)6-10(9)2)7-15(20)24-11(3)16(21)19-17(22)18-4/h5-6,8,11H,7H2,1-4H3,(H2,18,19,21,22)/t11-/m1/s1. The first-order valence-electron chi connectivity index (χ1n) is 7.51. The molecule has 128 valence electrons. The molecule has 0 unspecified atom stereocenters. The number of furan rings is 1. The van der Waals surface area contributed by atoms with Crippen molar-refractivity contribution in [2.75, 3.05) is 7.05 Å². The first-order valence-corrected chi connectivity index (χ1v) is 7.51. The summed E-state index contributed by atoms with van der Waals surface area (Å²) in [7, 11) is 1.38. The van der Waals surface area contributed by atoms with Crippen molar-refractivity contribution in [1.29, 1.82) is 0 Å². The van der Waals surface area contributed by atoms with Crippen LogP contribution in [0, 0.1) is 13.8 Å². The Morgan fingerprint density at radius 2 is 1.88 bits per heavy atom. The Morgan fingerprint density at radius 3 is 2.54 bits per heavy atom. The van der Waals surface area contributed by atoms with Crippen molar-refractivity contribution in [3.8, 4) is 0 Å². The van der Waals surface area contributed by atoms with E-state index in [9.17, 15) is 14.4 Å². The molecule has 0 bridgehead atoms. The maximum Gasteiger partial charge on any atom is 0.321 e. The molecule has 2 aromatic rings. The predicted molar refractivity (Wildman–Crippen MR) is 87.5 cm³/mol. The highest BCUT2D eigenvalue weighted by Gasteiger charge is 2.20. The number of carbonyl (C=O) groups excluding carboxylic acids is 3. The summed E-state index contributed by atoms with van der Waals surface area (Å²) >= 11 is 0. The van der Waals surface area contributed by atoms with Crippen LogP contribution >= 0.6 is 0 Å². The number of urea groups is 1. The van der Waals surface area contributed by atoms with Gasteiger partial charge in [0.15, 0.2) is 6.10 Å². The van der Waals surface area contributed by atoms with Gasteiger partial charge >= 0.3 is 12.0 Å². The van der Waals surface area contributed by atoms with Gasteiger partial charge in [0, 0.05) is 18.0 Å². The number of hydrogen-bond donors (Lipinski definition) is 2. The molecule has 2 rings (SSSR count). The van der Waals surface area contributed by atoms with Crippen LogP contribution in [0.25, 0.3) is 11.0 Å². The number of amides is 3. The van der Waals surface area contributed by atoms with Gasteiger partial charge in [-0.2, -0.15) is 0 Å². The zero-order valence-corrected chi connectivity index (χ0v) is 14.1. The molecule has 2 N–H and O–H groups in total. The molecule has 0 aliphatic rings. The van der Waals surface area contributed by atoms with Crippen LogP contribution < -0.4 is 10.6 Å². The molecule has 0 aliphatic carbocycles. The SMILES string of the molecule is CNC(=O)NC(=O)[C@@H](C)OC(=O)Cc1coc2cc(C)c(C)cc12. The van der Waals surface area contributed by atoms with Crippen molar-refractivity contribution in [2.24, 2.45) is 0 Å². The Hall–Kier alpha value is -2.83. The summed E-state index contributed by atoms with van der Waals surface area (Å²) in [5.41, 5.74) is 3.59. The highest BCUT2D eigenvalue weighted by atomic mass is 16.5. The van der Waals surface area contributed by atoms with Crippen molar-refractivity contribution >= 4 is 28.9 Å². The fraction of sp³-hybridized carbons (Fsp3) is 0.353. The van der Waals surface area contributed by atoms with E-state index in [1.165, 1.54) is 20.2 Å². The Labute approximate surface area is 139 Å². The third kappa shape index (κ3) is 3.92. The van der Waals surface area contributed by atoms with E-state index in [1.54, 1.807) is 0 Å². The van der Waals surface area contributed by atoms with Gasteiger partial charge in [0.05, 0.1) is 12.7 Å². The van der Waals surface area contributed by atoms with Crippen molar-refractivity contribution in [2.45, 2.75) is 33.3 Å². The van der Waals surface area contributed by atoms with Crippen LogP contribution in [0.15, 0.2) is 22.8 Å². The number of nitrogens with one attached hydrogen (secondary N) is 2. The van der Waals surface area contributed by atoms with Crippen LogP contribution in [0.2, 0.25) is 0 Å². The lowest BCUT2D eigenvalue weighted by Crippen LogP contribution is -2.43. The zero-order chi connectivity index (χ0) is 17.9. The minimum atomic E-state index is -1.07. The van der Waals surface area contributed by atoms with E-state index in [0.717, 1.165) is 16.5 Å². The van der Waals surface area contributed by atoms with Crippen molar-refractivity contribution in [1.82, 2.24) is 10.6 Å². The van der Waals surface area contributed by atoms with Crippen LogP contribution in [0.3, 0.4) is 0 Å². The molecule has 0 radical (unpaired) electrons. The monoisotopic (exact) mass is 332 g/mol. The molecular weight excluding hydrogens is 312 g/mol. The number of ether oxygens (including phenoxy) is 1. The molecule has 24 heavy (non-hydrogen) atoms. The molecule has 3 amide bonds. The van der Waals surface area contributed by atoms with Gasteiger partial charge in [-0.1, -0.05) is 0 Å². The first kappa shape index (κ1) is 17.5. The Morgan fingerprint density at radius 1 is 1.21 bits per heavy atom. The maximum absolute atomic E-state index is 12.0. The number of aryl methyl sites for hydroxylation is 2. The van der Waals surface area contributed by atoms with Crippen molar-refractivity contribution in [3.05, 3.63) is 35.1 Å². The number of hydrogen-bond acceptors (Lipinski definition) is 5. The van der Waals surface area contributed by atoms with Crippen LogP contribution in [0.4, 0.5) is 4.79 Å². The minimum absolute atomic E-state index is 0.0207. The summed E-state index contributed by atoms with van der Waals surface area (Å²) in [6.45, 7) is 5.37. The molecule has 7 nitrogen and oxygen atoms in total. The van der Waals surface area contributed by atoms with E-state index in [4.69, 9.17) is 9.15 Å². The van der Waals surface area contributed by atoms with Crippen LogP contribution in [-0.2, 0) is 20.7 Å². The van der Waals surface area contributed by atoms with Crippen LogP contribution in [0.5, 0.6) is 0 Å². The third-order valence-corrected chi connectivity index (χ3v) is 3.75. The molecule has 7 heteroatoms. The fourth-order valence-electron chi connectivity index (χ4n) is 2.20. The second-order valence-corrected chi connectivity index (χ2v) is 5.57. The average Bonchev–Trinajstić information content (AvgIpc) is 2.89. The zero-order valence-electron chi connectivity index (χ0n) is 14.1. The van der Waals surface area contributed by atoms with Crippen LogP contribution in [0.1, 0.15) is 23.6 Å². The topological polar surface area (TPSA) is 97.6 Å². The first-order chi connectivity index (χ1) is 11.3. The summed E-state index contributed by atoms with van der Waals surface area (Å²) in [6, 6.07) is 3.21. The molecular formula is C17H20N2O5. The molecule has 0 aliphatic heterocycles. The number of esters is 1. The van der Waals surface area contributed by atoms with Gasteiger partial charge in [-0.3, -0.25) is 14.9 Å². The Balaban J connectivity index is 2.03. The second-order valence-electron chi connectivity index (χ2n) is 5.57. The van der Waals surface area contributed by atoms with Crippen molar-refractivity contribution < 1.29 is 23.5 Å². The summed E-state index contributed by atoms with van der Waals surface area (Å²) in [5, 5.41) is 5.14. The lowest BCUT2D eigenvalue weighted by molar-refractivity contribution is -0.153. The smallest absolute Gasteiger partial charge is 0.321 e. The average molecular weight is 332 g/mol. The molecule has 0 saturated heterocycles. The van der Waals surface area contributed by atoms with E-state index >= 15 is 0 Å². The van der Waals surface area contributed by atoms with Gasteiger partial charge in [0.1, 0.15) is 5.58 Å². The van der Waals surface area contributed by atoms with Gasteiger partial charge in [-0.05, 0) is 44.0 Å². The largest absolute Gasteiger partial charge is 0.464 e. The lowest BCUT2D eigenvalue weighted by atomic mass is 10.0. The molecule has 0 fully saturated rings. The highest BCUT2D eigenvalue weighted by molar-refractivity contribution is 5.97. The van der Waals surface area contributed by atoms with Gasteiger partial charge in [0.25, 0.3) is 5.91 Å². The van der Waals surface area contributed by atoms with E-state index in [0.29, 0.717) is 11.1 Å².